The minimum atomic E-state index is -0.273. The van der Waals surface area contributed by atoms with E-state index in [1.807, 2.05) is 4.90 Å². The number of nitrogen functional groups attached to an aromatic ring is 1. The Morgan fingerprint density at radius 1 is 1.05 bits per heavy atom. The van der Waals surface area contributed by atoms with Crippen LogP contribution in [-0.4, -0.2) is 99.3 Å². The van der Waals surface area contributed by atoms with Crippen LogP contribution in [0.3, 0.4) is 0 Å². The first-order valence-electron chi connectivity index (χ1n) is 13.8. The first-order chi connectivity index (χ1) is 18.6. The van der Waals surface area contributed by atoms with Crippen LogP contribution in [0.1, 0.15) is 38.5 Å². The minimum absolute atomic E-state index is 0.176. The maximum Gasteiger partial charge on any atom is 0.259 e. The number of nitrogens with zero attached hydrogens (tertiary/aromatic N) is 8. The summed E-state index contributed by atoms with van der Waals surface area (Å²) in [6, 6.07) is 3.28. The van der Waals surface area contributed by atoms with E-state index in [1.165, 1.54) is 17.4 Å². The summed E-state index contributed by atoms with van der Waals surface area (Å²) >= 11 is 0. The number of aromatic nitrogens is 5. The van der Waals surface area contributed by atoms with Crippen molar-refractivity contribution in [1.82, 2.24) is 34.4 Å². The number of rotatable bonds is 7. The number of carbonyl (C=O) groups excluding carboxylic acids is 1. The van der Waals surface area contributed by atoms with Gasteiger partial charge in [0.1, 0.15) is 6.04 Å². The van der Waals surface area contributed by atoms with Crippen LogP contribution in [0.25, 0.3) is 17.4 Å². The number of hydrogen-bond acceptors (Lipinski definition) is 10. The molecule has 0 saturated carbocycles. The van der Waals surface area contributed by atoms with Crippen LogP contribution in [-0.2, 0) is 9.53 Å². The molecule has 1 atom stereocenters. The minimum Gasteiger partial charge on any atom is -0.461 e. The summed E-state index contributed by atoms with van der Waals surface area (Å²) in [6.07, 6.45) is 7.95. The van der Waals surface area contributed by atoms with E-state index in [2.05, 4.69) is 29.9 Å². The van der Waals surface area contributed by atoms with Crippen LogP contribution in [0.2, 0.25) is 0 Å². The third-order valence-electron chi connectivity index (χ3n) is 8.52. The van der Waals surface area contributed by atoms with Crippen molar-refractivity contribution >= 4 is 23.6 Å². The first-order valence-corrected chi connectivity index (χ1v) is 13.8. The van der Waals surface area contributed by atoms with E-state index in [1.54, 1.807) is 25.5 Å². The summed E-state index contributed by atoms with van der Waals surface area (Å²) in [5.74, 6) is 3.54. The van der Waals surface area contributed by atoms with Gasteiger partial charge in [-0.05, 0) is 75.6 Å². The van der Waals surface area contributed by atoms with Crippen molar-refractivity contribution in [2.24, 2.45) is 11.8 Å². The summed E-state index contributed by atoms with van der Waals surface area (Å²) in [7, 11) is 1.77. The Morgan fingerprint density at radius 3 is 2.53 bits per heavy atom. The third kappa shape index (κ3) is 4.94. The van der Waals surface area contributed by atoms with Crippen LogP contribution in [0.5, 0.6) is 0 Å². The van der Waals surface area contributed by atoms with E-state index in [9.17, 15) is 4.79 Å². The third-order valence-corrected chi connectivity index (χ3v) is 8.52. The van der Waals surface area contributed by atoms with Crippen LogP contribution in [0.15, 0.2) is 22.8 Å². The van der Waals surface area contributed by atoms with E-state index in [-0.39, 0.29) is 17.9 Å². The number of hydrogen-bond donors (Lipinski definition) is 1. The molecule has 12 nitrogen and oxygen atoms in total. The van der Waals surface area contributed by atoms with Crippen LogP contribution in [0.4, 0.5) is 11.9 Å². The van der Waals surface area contributed by atoms with Crippen LogP contribution < -0.4 is 10.6 Å². The molecular weight excluding hydrogens is 486 g/mol. The molecular formula is C26H37N9O3. The van der Waals surface area contributed by atoms with Crippen molar-refractivity contribution in [3.05, 3.63) is 18.4 Å². The smallest absolute Gasteiger partial charge is 0.259 e. The van der Waals surface area contributed by atoms with Gasteiger partial charge in [-0.15, -0.1) is 5.10 Å². The second-order valence-corrected chi connectivity index (χ2v) is 10.7. The molecule has 3 aromatic rings. The molecule has 0 unspecified atom stereocenters. The number of piperidine rings is 2. The van der Waals surface area contributed by atoms with E-state index in [0.717, 1.165) is 70.9 Å². The molecule has 0 bridgehead atoms. The number of nitrogens with two attached hydrogens (primary N) is 1. The van der Waals surface area contributed by atoms with E-state index < -0.39 is 0 Å². The van der Waals surface area contributed by atoms with E-state index >= 15 is 0 Å². The van der Waals surface area contributed by atoms with Gasteiger partial charge in [0, 0.05) is 33.3 Å². The van der Waals surface area contributed by atoms with E-state index in [4.69, 9.17) is 14.9 Å². The lowest BCUT2D eigenvalue weighted by atomic mass is 9.78. The topological polar surface area (TPSA) is 131 Å². The molecule has 6 rings (SSSR count). The summed E-state index contributed by atoms with van der Waals surface area (Å²) in [6.45, 7) is 6.52. The maximum atomic E-state index is 13.7. The average molecular weight is 524 g/mol. The number of amides is 1. The molecule has 3 aliphatic heterocycles. The van der Waals surface area contributed by atoms with Gasteiger partial charge in [-0.2, -0.15) is 19.5 Å². The highest BCUT2D eigenvalue weighted by Gasteiger charge is 2.38. The second kappa shape index (κ2) is 10.9. The lowest BCUT2D eigenvalue weighted by molar-refractivity contribution is -0.134. The van der Waals surface area contributed by atoms with Gasteiger partial charge in [0.15, 0.2) is 5.76 Å². The molecule has 2 N–H and O–H groups in total. The van der Waals surface area contributed by atoms with Crippen LogP contribution >= 0.6 is 0 Å². The predicted octanol–water partition coefficient (Wildman–Crippen LogP) is 1.93. The molecule has 204 valence electrons. The molecule has 3 fully saturated rings. The summed E-state index contributed by atoms with van der Waals surface area (Å²) in [5.41, 5.74) is 6.22. The van der Waals surface area contributed by atoms with Gasteiger partial charge in [-0.25, -0.2) is 0 Å². The molecule has 1 amide bonds. The van der Waals surface area contributed by atoms with Crippen molar-refractivity contribution < 1.29 is 13.9 Å². The molecule has 38 heavy (non-hydrogen) atoms. The molecule has 0 aromatic carbocycles. The molecule has 0 spiro atoms. The van der Waals surface area contributed by atoms with Gasteiger partial charge in [-0.3, -0.25) is 4.79 Å². The van der Waals surface area contributed by atoms with Gasteiger partial charge >= 0.3 is 0 Å². The lowest BCUT2D eigenvalue weighted by Crippen LogP contribution is -2.50. The van der Waals surface area contributed by atoms with Gasteiger partial charge < -0.3 is 29.6 Å². The SMILES string of the molecule is COCCN1CCC(C2CCN(C(=O)[C@@H]3CCCN3c3nc(N)n4nc(-c5ccco5)nc4n3)CC2)CC1. The fourth-order valence-corrected chi connectivity index (χ4v) is 6.37. The number of carbonyl (C=O) groups is 1. The molecule has 3 aliphatic rings. The summed E-state index contributed by atoms with van der Waals surface area (Å²) in [4.78, 5) is 33.8. The highest BCUT2D eigenvalue weighted by atomic mass is 16.5. The van der Waals surface area contributed by atoms with Crippen molar-refractivity contribution in [2.75, 3.05) is 63.6 Å². The Balaban J connectivity index is 1.09. The zero-order valence-electron chi connectivity index (χ0n) is 22.0. The second-order valence-electron chi connectivity index (χ2n) is 10.7. The molecule has 0 aliphatic carbocycles. The van der Waals surface area contributed by atoms with Gasteiger partial charge in [0.05, 0.1) is 12.9 Å². The number of methoxy groups -OCH3 is 1. The van der Waals surface area contributed by atoms with Crippen molar-refractivity contribution in [3.8, 4) is 11.6 Å². The molecule has 0 radical (unpaired) electrons. The Labute approximate surface area is 222 Å². The predicted molar refractivity (Wildman–Crippen MR) is 141 cm³/mol. The average Bonchev–Trinajstić information content (AvgIpc) is 3.72. The van der Waals surface area contributed by atoms with Gasteiger partial charge in [0.25, 0.3) is 5.78 Å². The Kier molecular flexibility index (Phi) is 7.16. The fraction of sp³-hybridized carbons (Fsp3) is 0.654. The standard InChI is InChI=1S/C26H37N9O3/c1-37-17-15-32-11-6-18(7-12-32)19-8-13-33(14-9-19)23(36)20-4-2-10-34(20)25-29-24(27)35-26(30-25)28-22(31-35)21-5-3-16-38-21/h3,5,16,18-20H,2,4,6-15,17H2,1H3,(H2,27,28,29,30,31)/t20-/m0/s1. The normalized spacial score (nSPS) is 22.1. The number of likely N-dealkylation sites (tertiary alicyclic amines) is 2. The number of furan rings is 1. The van der Waals surface area contributed by atoms with Crippen molar-refractivity contribution in [3.63, 3.8) is 0 Å². The first kappa shape index (κ1) is 25.1. The highest BCUT2D eigenvalue weighted by Crippen LogP contribution is 2.34. The molecule has 3 saturated heterocycles. The fourth-order valence-electron chi connectivity index (χ4n) is 6.37. The summed E-state index contributed by atoms with van der Waals surface area (Å²) in [5, 5.41) is 4.37. The van der Waals surface area contributed by atoms with Gasteiger partial charge in [0.2, 0.25) is 23.6 Å². The van der Waals surface area contributed by atoms with Gasteiger partial charge in [-0.1, -0.05) is 0 Å². The number of ether oxygens (including phenoxy) is 1. The van der Waals surface area contributed by atoms with Crippen LogP contribution in [0, 0.1) is 11.8 Å². The quantitative estimate of drug-likeness (QED) is 0.490. The Morgan fingerprint density at radius 2 is 1.82 bits per heavy atom. The van der Waals surface area contributed by atoms with E-state index in [0.29, 0.717) is 35.8 Å². The highest BCUT2D eigenvalue weighted by molar-refractivity contribution is 5.85. The van der Waals surface area contributed by atoms with Crippen molar-refractivity contribution in [1.29, 1.82) is 0 Å². The molecule has 12 heteroatoms. The summed E-state index contributed by atoms with van der Waals surface area (Å²) < 4.78 is 12.0. The zero-order valence-corrected chi connectivity index (χ0v) is 22.0. The number of anilines is 2. The largest absolute Gasteiger partial charge is 0.461 e. The molecule has 3 aromatic heterocycles. The monoisotopic (exact) mass is 523 g/mol. The Hall–Kier alpha value is -3.25. The maximum absolute atomic E-state index is 13.7. The lowest BCUT2D eigenvalue weighted by Gasteiger charge is -2.41. The molecule has 6 heterocycles. The van der Waals surface area contributed by atoms with Crippen molar-refractivity contribution in [2.45, 2.75) is 44.6 Å². The number of fused-ring (bicyclic) bond motifs is 1. The Bertz CT molecular complexity index is 1230. The zero-order chi connectivity index (χ0) is 26.1.